The minimum Gasteiger partial charge on any atom is -0.351 e. The number of carbonyl (C=O) groups is 1. The van der Waals surface area contributed by atoms with Crippen molar-refractivity contribution >= 4 is 11.6 Å². The summed E-state index contributed by atoms with van der Waals surface area (Å²) in [6.07, 6.45) is 6.47. The summed E-state index contributed by atoms with van der Waals surface area (Å²) < 4.78 is 6.88. The molecule has 0 spiro atoms. The maximum Gasteiger partial charge on any atom is 0.292 e. The van der Waals surface area contributed by atoms with Crippen molar-refractivity contribution in [2.24, 2.45) is 0 Å². The van der Waals surface area contributed by atoms with E-state index >= 15 is 0 Å². The Morgan fingerprint density at radius 3 is 2.88 bits per heavy atom. The molecule has 1 aliphatic carbocycles. The van der Waals surface area contributed by atoms with Crippen LogP contribution in [0.25, 0.3) is 5.65 Å². The van der Waals surface area contributed by atoms with Gasteiger partial charge in [-0.3, -0.25) is 4.79 Å². The molecule has 1 fully saturated rings. The number of hydrogen-bond donors (Lipinski definition) is 0. The Hall–Kier alpha value is -2.77. The summed E-state index contributed by atoms with van der Waals surface area (Å²) >= 11 is 0. The molecular formula is C17H18N6O2. The SMILES string of the molecule is O=C(c1ccno1)N1CCC(c2nnc3cc4c(nn23)CCC4)CC1. The van der Waals surface area contributed by atoms with Gasteiger partial charge in [0, 0.05) is 25.1 Å². The van der Waals surface area contributed by atoms with Gasteiger partial charge in [-0.25, -0.2) is 0 Å². The van der Waals surface area contributed by atoms with Crippen LogP contribution in [0.1, 0.15) is 52.8 Å². The second-order valence-electron chi connectivity index (χ2n) is 6.74. The van der Waals surface area contributed by atoms with Gasteiger partial charge >= 0.3 is 0 Å². The second kappa shape index (κ2) is 5.65. The molecule has 2 aliphatic rings. The van der Waals surface area contributed by atoms with Crippen LogP contribution in [0.5, 0.6) is 0 Å². The lowest BCUT2D eigenvalue weighted by Crippen LogP contribution is -2.38. The zero-order chi connectivity index (χ0) is 16.8. The van der Waals surface area contributed by atoms with Gasteiger partial charge in [-0.2, -0.15) is 9.61 Å². The molecule has 1 saturated heterocycles. The zero-order valence-electron chi connectivity index (χ0n) is 13.8. The lowest BCUT2D eigenvalue weighted by Gasteiger charge is -2.30. The van der Waals surface area contributed by atoms with Crippen molar-refractivity contribution in [3.05, 3.63) is 41.2 Å². The van der Waals surface area contributed by atoms with Crippen LogP contribution >= 0.6 is 0 Å². The third kappa shape index (κ3) is 2.40. The van der Waals surface area contributed by atoms with Gasteiger partial charge in [0.15, 0.2) is 11.5 Å². The van der Waals surface area contributed by atoms with E-state index in [1.54, 1.807) is 6.07 Å². The monoisotopic (exact) mass is 338 g/mol. The molecule has 3 aromatic heterocycles. The minimum absolute atomic E-state index is 0.0991. The maximum atomic E-state index is 12.3. The highest BCUT2D eigenvalue weighted by molar-refractivity contribution is 5.91. The van der Waals surface area contributed by atoms with Gasteiger partial charge < -0.3 is 9.42 Å². The second-order valence-corrected chi connectivity index (χ2v) is 6.74. The summed E-state index contributed by atoms with van der Waals surface area (Å²) in [5.41, 5.74) is 3.31. The molecule has 0 atom stereocenters. The Morgan fingerprint density at radius 2 is 2.08 bits per heavy atom. The molecular weight excluding hydrogens is 320 g/mol. The van der Waals surface area contributed by atoms with E-state index in [9.17, 15) is 4.79 Å². The molecule has 1 amide bonds. The van der Waals surface area contributed by atoms with E-state index in [2.05, 4.69) is 21.4 Å². The van der Waals surface area contributed by atoms with Crippen LogP contribution in [0, 0.1) is 0 Å². The van der Waals surface area contributed by atoms with Crippen molar-refractivity contribution in [1.29, 1.82) is 0 Å². The minimum atomic E-state index is -0.0991. The fourth-order valence-corrected chi connectivity index (χ4v) is 3.87. The molecule has 0 aromatic carbocycles. The largest absolute Gasteiger partial charge is 0.351 e. The van der Waals surface area contributed by atoms with Crippen molar-refractivity contribution in [3.8, 4) is 0 Å². The highest BCUT2D eigenvalue weighted by Crippen LogP contribution is 2.29. The number of hydrogen-bond acceptors (Lipinski definition) is 6. The van der Waals surface area contributed by atoms with Crippen LogP contribution in [-0.2, 0) is 12.8 Å². The molecule has 0 bridgehead atoms. The number of fused-ring (bicyclic) bond motifs is 2. The van der Waals surface area contributed by atoms with Gasteiger partial charge in [-0.15, -0.1) is 10.2 Å². The molecule has 0 saturated carbocycles. The Morgan fingerprint density at radius 1 is 1.20 bits per heavy atom. The van der Waals surface area contributed by atoms with Crippen molar-refractivity contribution in [2.45, 2.75) is 38.0 Å². The summed E-state index contributed by atoms with van der Waals surface area (Å²) in [6, 6.07) is 3.72. The smallest absolute Gasteiger partial charge is 0.292 e. The fourth-order valence-electron chi connectivity index (χ4n) is 3.87. The van der Waals surface area contributed by atoms with Crippen LogP contribution in [0.15, 0.2) is 22.9 Å². The molecule has 128 valence electrons. The van der Waals surface area contributed by atoms with E-state index in [0.29, 0.717) is 18.8 Å². The van der Waals surface area contributed by atoms with Gasteiger partial charge in [0.2, 0.25) is 5.76 Å². The van der Waals surface area contributed by atoms with Gasteiger partial charge in [0.25, 0.3) is 5.91 Å². The number of rotatable bonds is 2. The first kappa shape index (κ1) is 14.6. The van der Waals surface area contributed by atoms with E-state index in [1.165, 1.54) is 23.9 Å². The normalized spacial score (nSPS) is 18.0. The maximum absolute atomic E-state index is 12.3. The van der Waals surface area contributed by atoms with Crippen LogP contribution in [-0.4, -0.2) is 48.9 Å². The molecule has 3 aromatic rings. The quantitative estimate of drug-likeness (QED) is 0.705. The van der Waals surface area contributed by atoms with E-state index in [4.69, 9.17) is 9.62 Å². The number of piperidine rings is 1. The fraction of sp³-hybridized carbons (Fsp3) is 0.471. The number of nitrogens with zero attached hydrogens (tertiary/aromatic N) is 6. The van der Waals surface area contributed by atoms with Crippen molar-refractivity contribution in [3.63, 3.8) is 0 Å². The van der Waals surface area contributed by atoms with Gasteiger partial charge in [-0.05, 0) is 43.7 Å². The number of carbonyl (C=O) groups excluding carboxylic acids is 1. The van der Waals surface area contributed by atoms with Crippen LogP contribution < -0.4 is 0 Å². The van der Waals surface area contributed by atoms with Gasteiger partial charge in [0.05, 0.1) is 11.9 Å². The van der Waals surface area contributed by atoms with E-state index in [-0.39, 0.29) is 11.8 Å². The summed E-state index contributed by atoms with van der Waals surface area (Å²) in [6.45, 7) is 1.34. The first-order valence-corrected chi connectivity index (χ1v) is 8.73. The van der Waals surface area contributed by atoms with Crippen molar-refractivity contribution in [2.75, 3.05) is 13.1 Å². The average molecular weight is 338 g/mol. The van der Waals surface area contributed by atoms with Crippen molar-refractivity contribution < 1.29 is 9.32 Å². The Bertz CT molecular complexity index is 924. The number of aromatic nitrogens is 5. The van der Waals surface area contributed by atoms with Crippen LogP contribution in [0.4, 0.5) is 0 Å². The average Bonchev–Trinajstić information content (AvgIpc) is 3.39. The molecule has 4 heterocycles. The Kier molecular flexibility index (Phi) is 3.29. The summed E-state index contributed by atoms with van der Waals surface area (Å²) in [4.78, 5) is 14.2. The molecule has 0 N–H and O–H groups in total. The zero-order valence-corrected chi connectivity index (χ0v) is 13.8. The van der Waals surface area contributed by atoms with Crippen LogP contribution in [0.2, 0.25) is 0 Å². The molecule has 0 unspecified atom stereocenters. The molecule has 1 aliphatic heterocycles. The first-order valence-electron chi connectivity index (χ1n) is 8.73. The van der Waals surface area contributed by atoms with Crippen molar-refractivity contribution in [1.82, 2.24) is 29.9 Å². The van der Waals surface area contributed by atoms with Crippen LogP contribution in [0.3, 0.4) is 0 Å². The summed E-state index contributed by atoms with van der Waals surface area (Å²) in [5, 5.41) is 17.1. The standard InChI is InChI=1S/C17H18N6O2/c24-17(14-4-7-18-25-14)22-8-5-11(6-9-22)16-20-19-15-10-12-2-1-3-13(12)21-23(15)16/h4,7,10-11H,1-3,5-6,8-9H2. The topological polar surface area (TPSA) is 89.4 Å². The third-order valence-corrected chi connectivity index (χ3v) is 5.24. The molecule has 0 radical (unpaired) electrons. The summed E-state index contributed by atoms with van der Waals surface area (Å²) in [7, 11) is 0. The number of aryl methyl sites for hydroxylation is 2. The third-order valence-electron chi connectivity index (χ3n) is 5.24. The highest BCUT2D eigenvalue weighted by atomic mass is 16.5. The molecule has 8 heteroatoms. The number of amides is 1. The first-order chi connectivity index (χ1) is 12.3. The van der Waals surface area contributed by atoms with Gasteiger partial charge in [-0.1, -0.05) is 5.16 Å². The van der Waals surface area contributed by atoms with E-state index in [1.807, 2.05) is 9.42 Å². The van der Waals surface area contributed by atoms with Gasteiger partial charge in [0.1, 0.15) is 0 Å². The predicted molar refractivity (Wildman–Crippen MR) is 87.2 cm³/mol. The van der Waals surface area contributed by atoms with E-state index < -0.39 is 0 Å². The lowest BCUT2D eigenvalue weighted by molar-refractivity contribution is 0.0668. The van der Waals surface area contributed by atoms with E-state index in [0.717, 1.165) is 37.2 Å². The number of likely N-dealkylation sites (tertiary alicyclic amines) is 1. The molecule has 8 nitrogen and oxygen atoms in total. The molecule has 25 heavy (non-hydrogen) atoms. The highest BCUT2D eigenvalue weighted by Gasteiger charge is 2.29. The summed E-state index contributed by atoms with van der Waals surface area (Å²) in [5.74, 6) is 1.37. The lowest BCUT2D eigenvalue weighted by atomic mass is 9.96. The predicted octanol–water partition coefficient (Wildman–Crippen LogP) is 1.62. The molecule has 5 rings (SSSR count). The Balaban J connectivity index is 1.36. The Labute approximate surface area is 143 Å².